The third-order valence-electron chi connectivity index (χ3n) is 4.19. The minimum absolute atomic E-state index is 0.0925. The highest BCUT2D eigenvalue weighted by molar-refractivity contribution is 6.42. The predicted molar refractivity (Wildman–Crippen MR) is 101 cm³/mol. The van der Waals surface area contributed by atoms with Gasteiger partial charge in [-0.1, -0.05) is 29.3 Å². The van der Waals surface area contributed by atoms with Gasteiger partial charge < -0.3 is 20.6 Å². The number of aliphatic carboxylic acids is 2. The summed E-state index contributed by atoms with van der Waals surface area (Å²) < 4.78 is 0. The van der Waals surface area contributed by atoms with Crippen LogP contribution in [-0.4, -0.2) is 47.0 Å². The number of piperidine rings is 1. The molecule has 1 atom stereocenters. The Kier molecular flexibility index (Phi) is 9.65. The van der Waals surface area contributed by atoms with Gasteiger partial charge in [-0.25, -0.2) is 9.59 Å². The van der Waals surface area contributed by atoms with Crippen molar-refractivity contribution in [3.8, 4) is 0 Å². The number of aliphatic hydroxyl groups excluding tert-OH is 1. The Morgan fingerprint density at radius 2 is 1.81 bits per heavy atom. The fourth-order valence-corrected chi connectivity index (χ4v) is 3.26. The van der Waals surface area contributed by atoms with Crippen LogP contribution in [0.4, 0.5) is 0 Å². The summed E-state index contributed by atoms with van der Waals surface area (Å²) in [5.74, 6) is -2.51. The van der Waals surface area contributed by atoms with Crippen molar-refractivity contribution in [3.05, 3.63) is 46.0 Å². The standard InChI is InChI=1S/C14H19Cl2NO.C4H4O4/c15-12-4-3-11(9-13(12)16)14(6-2-8-18)5-1-7-17-10-14;5-3(6)1-2-4(7)8/h3-4,9,17-18H,1-2,5-8,10H2;1-2H,(H,5,6)(H,7,8)/b;2-1+. The zero-order valence-electron chi connectivity index (χ0n) is 14.3. The number of hydrogen-bond donors (Lipinski definition) is 4. The quantitative estimate of drug-likeness (QED) is 0.543. The Hall–Kier alpha value is -1.60. The number of benzene rings is 1. The maximum Gasteiger partial charge on any atom is 0.328 e. The normalized spacial score (nSPS) is 19.7. The smallest absolute Gasteiger partial charge is 0.328 e. The van der Waals surface area contributed by atoms with E-state index in [1.807, 2.05) is 12.1 Å². The van der Waals surface area contributed by atoms with Crippen LogP contribution in [0.1, 0.15) is 31.2 Å². The molecule has 26 heavy (non-hydrogen) atoms. The Morgan fingerprint density at radius 1 is 1.15 bits per heavy atom. The van der Waals surface area contributed by atoms with Crippen LogP contribution in [0.25, 0.3) is 0 Å². The van der Waals surface area contributed by atoms with Gasteiger partial charge in [-0.15, -0.1) is 0 Å². The van der Waals surface area contributed by atoms with Crippen LogP contribution in [0.15, 0.2) is 30.4 Å². The first-order chi connectivity index (χ1) is 12.3. The van der Waals surface area contributed by atoms with E-state index < -0.39 is 11.9 Å². The molecule has 0 aromatic heterocycles. The lowest BCUT2D eigenvalue weighted by Gasteiger charge is -2.38. The largest absolute Gasteiger partial charge is 0.478 e. The number of carboxylic acid groups (broad SMARTS) is 2. The molecule has 1 fully saturated rings. The molecule has 0 bridgehead atoms. The number of hydrogen-bond acceptors (Lipinski definition) is 4. The molecule has 0 spiro atoms. The van der Waals surface area contributed by atoms with E-state index in [-0.39, 0.29) is 12.0 Å². The Morgan fingerprint density at radius 3 is 2.27 bits per heavy atom. The summed E-state index contributed by atoms with van der Waals surface area (Å²) >= 11 is 12.1. The van der Waals surface area contributed by atoms with Crippen molar-refractivity contribution < 1.29 is 24.9 Å². The number of carbonyl (C=O) groups is 2. The van der Waals surface area contributed by atoms with Crippen molar-refractivity contribution >= 4 is 35.1 Å². The molecular formula is C18H23Cl2NO5. The second kappa shape index (κ2) is 11.2. The number of halogens is 2. The Balaban J connectivity index is 0.000000359. The van der Waals surface area contributed by atoms with Crippen LogP contribution >= 0.6 is 23.2 Å². The lowest BCUT2D eigenvalue weighted by molar-refractivity contribution is -0.134. The van der Waals surface area contributed by atoms with Crippen molar-refractivity contribution in [1.29, 1.82) is 0 Å². The molecule has 1 aromatic rings. The molecule has 0 aliphatic carbocycles. The zero-order chi connectivity index (χ0) is 19.6. The molecule has 4 N–H and O–H groups in total. The van der Waals surface area contributed by atoms with Gasteiger partial charge in [0.05, 0.1) is 10.0 Å². The third-order valence-corrected chi connectivity index (χ3v) is 4.93. The monoisotopic (exact) mass is 403 g/mol. The van der Waals surface area contributed by atoms with E-state index in [1.54, 1.807) is 0 Å². The Bertz CT molecular complexity index is 626. The van der Waals surface area contributed by atoms with E-state index >= 15 is 0 Å². The van der Waals surface area contributed by atoms with E-state index in [4.69, 9.17) is 38.5 Å². The average Bonchev–Trinajstić information content (AvgIpc) is 2.62. The van der Waals surface area contributed by atoms with Crippen LogP contribution in [-0.2, 0) is 15.0 Å². The SMILES string of the molecule is O=C(O)/C=C/C(=O)O.OCCCC1(c2ccc(Cl)c(Cl)c2)CCCNC1. The summed E-state index contributed by atoms with van der Waals surface area (Å²) in [6.45, 7) is 2.26. The van der Waals surface area contributed by atoms with E-state index in [9.17, 15) is 9.59 Å². The van der Waals surface area contributed by atoms with Gasteiger partial charge >= 0.3 is 11.9 Å². The molecule has 1 saturated heterocycles. The molecule has 6 nitrogen and oxygen atoms in total. The summed E-state index contributed by atoms with van der Waals surface area (Å²) in [6, 6.07) is 5.92. The summed E-state index contributed by atoms with van der Waals surface area (Å²) in [7, 11) is 0. The summed E-state index contributed by atoms with van der Waals surface area (Å²) in [5, 5.41) is 29.4. The summed E-state index contributed by atoms with van der Waals surface area (Å²) in [5.41, 5.74) is 1.33. The van der Waals surface area contributed by atoms with Crippen LogP contribution < -0.4 is 5.32 Å². The topological polar surface area (TPSA) is 107 Å². The Labute approximate surface area is 162 Å². The van der Waals surface area contributed by atoms with E-state index in [1.165, 1.54) is 5.56 Å². The van der Waals surface area contributed by atoms with Gasteiger partial charge in [0, 0.05) is 30.7 Å². The van der Waals surface area contributed by atoms with Gasteiger partial charge in [-0.2, -0.15) is 0 Å². The van der Waals surface area contributed by atoms with Gasteiger partial charge in [0.15, 0.2) is 0 Å². The van der Waals surface area contributed by atoms with E-state index in [0.29, 0.717) is 22.2 Å². The molecule has 1 aliphatic rings. The van der Waals surface area contributed by atoms with Crippen LogP contribution in [0.5, 0.6) is 0 Å². The number of rotatable bonds is 6. The second-order valence-corrected chi connectivity index (χ2v) is 6.84. The van der Waals surface area contributed by atoms with Crippen LogP contribution in [0, 0.1) is 0 Å². The first-order valence-corrected chi connectivity index (χ1v) is 8.97. The fourth-order valence-electron chi connectivity index (χ4n) is 2.96. The minimum atomic E-state index is -1.26. The van der Waals surface area contributed by atoms with Gasteiger partial charge in [0.25, 0.3) is 0 Å². The maximum absolute atomic E-state index is 9.55. The molecule has 8 heteroatoms. The first kappa shape index (κ1) is 22.4. The predicted octanol–water partition coefficient (Wildman–Crippen LogP) is 3.10. The van der Waals surface area contributed by atoms with Crippen LogP contribution in [0.2, 0.25) is 10.0 Å². The minimum Gasteiger partial charge on any atom is -0.478 e. The molecule has 1 aromatic carbocycles. The van der Waals surface area contributed by atoms with Gasteiger partial charge in [0.1, 0.15) is 0 Å². The molecule has 1 unspecified atom stereocenters. The van der Waals surface area contributed by atoms with Crippen molar-refractivity contribution in [2.24, 2.45) is 0 Å². The third kappa shape index (κ3) is 7.33. The molecule has 0 radical (unpaired) electrons. The molecule has 0 amide bonds. The van der Waals surface area contributed by atoms with Crippen molar-refractivity contribution in [1.82, 2.24) is 5.32 Å². The highest BCUT2D eigenvalue weighted by Gasteiger charge is 2.33. The maximum atomic E-state index is 9.55. The summed E-state index contributed by atoms with van der Waals surface area (Å²) in [6.07, 6.45) is 5.21. The molecule has 1 heterocycles. The highest BCUT2D eigenvalue weighted by atomic mass is 35.5. The van der Waals surface area contributed by atoms with Gasteiger partial charge in [-0.3, -0.25) is 0 Å². The second-order valence-electron chi connectivity index (χ2n) is 6.03. The van der Waals surface area contributed by atoms with Crippen LogP contribution in [0.3, 0.4) is 0 Å². The van der Waals surface area contributed by atoms with Gasteiger partial charge in [-0.05, 0) is 49.9 Å². The number of carboxylic acids is 2. The van der Waals surface area contributed by atoms with Gasteiger partial charge in [0.2, 0.25) is 0 Å². The molecule has 0 saturated carbocycles. The zero-order valence-corrected chi connectivity index (χ0v) is 15.8. The molecule has 2 rings (SSSR count). The first-order valence-electron chi connectivity index (χ1n) is 8.22. The van der Waals surface area contributed by atoms with Crippen molar-refractivity contribution in [3.63, 3.8) is 0 Å². The average molecular weight is 404 g/mol. The lowest BCUT2D eigenvalue weighted by Crippen LogP contribution is -2.43. The molecule has 1 aliphatic heterocycles. The van der Waals surface area contributed by atoms with Crippen molar-refractivity contribution in [2.75, 3.05) is 19.7 Å². The van der Waals surface area contributed by atoms with Crippen molar-refractivity contribution in [2.45, 2.75) is 31.1 Å². The number of aliphatic hydroxyl groups is 1. The fraction of sp³-hybridized carbons (Fsp3) is 0.444. The molecule has 144 valence electrons. The highest BCUT2D eigenvalue weighted by Crippen LogP contribution is 2.38. The van der Waals surface area contributed by atoms with E-state index in [2.05, 4.69) is 11.4 Å². The van der Waals surface area contributed by atoms with E-state index in [0.717, 1.165) is 38.8 Å². The molecular weight excluding hydrogens is 381 g/mol. The number of nitrogens with one attached hydrogen (secondary N) is 1. The summed E-state index contributed by atoms with van der Waals surface area (Å²) in [4.78, 5) is 19.1. The lowest BCUT2D eigenvalue weighted by atomic mass is 9.71.